The van der Waals surface area contributed by atoms with Gasteiger partial charge in [0.15, 0.2) is 0 Å². The average molecular weight is 289 g/mol. The Balaban J connectivity index is 1.74. The lowest BCUT2D eigenvalue weighted by atomic mass is 9.95. The summed E-state index contributed by atoms with van der Waals surface area (Å²) in [7, 11) is 0. The van der Waals surface area contributed by atoms with Gasteiger partial charge in [0, 0.05) is 19.4 Å². The second-order valence-electron chi connectivity index (χ2n) is 6.13. The molecule has 4 nitrogen and oxygen atoms in total. The van der Waals surface area contributed by atoms with E-state index in [2.05, 4.69) is 11.4 Å². The van der Waals surface area contributed by atoms with Gasteiger partial charge in [-0.1, -0.05) is 12.1 Å². The SMILES string of the molecule is CC1CC(OC(=O)c2cccc3c2CCNC3)CC(C)O1. The van der Waals surface area contributed by atoms with Crippen LogP contribution >= 0.6 is 0 Å². The number of hydrogen-bond acceptors (Lipinski definition) is 4. The lowest BCUT2D eigenvalue weighted by molar-refractivity contribution is -0.0855. The van der Waals surface area contributed by atoms with Crippen molar-refractivity contribution in [3.05, 3.63) is 34.9 Å². The fraction of sp³-hybridized carbons (Fsp3) is 0.588. The number of benzene rings is 1. The first-order valence-electron chi connectivity index (χ1n) is 7.81. The molecule has 4 heteroatoms. The molecule has 114 valence electrons. The molecule has 0 aliphatic carbocycles. The third-order valence-electron chi connectivity index (χ3n) is 4.29. The normalized spacial score (nSPS) is 28.8. The summed E-state index contributed by atoms with van der Waals surface area (Å²) in [5.74, 6) is -0.181. The highest BCUT2D eigenvalue weighted by molar-refractivity contribution is 5.91. The van der Waals surface area contributed by atoms with Crippen molar-refractivity contribution >= 4 is 5.97 Å². The van der Waals surface area contributed by atoms with Gasteiger partial charge in [-0.15, -0.1) is 0 Å². The van der Waals surface area contributed by atoms with Gasteiger partial charge in [-0.2, -0.15) is 0 Å². The maximum absolute atomic E-state index is 12.5. The van der Waals surface area contributed by atoms with Crippen LogP contribution in [0.15, 0.2) is 18.2 Å². The van der Waals surface area contributed by atoms with Crippen LogP contribution in [0.1, 0.15) is 48.2 Å². The number of hydrogen-bond donors (Lipinski definition) is 1. The van der Waals surface area contributed by atoms with Gasteiger partial charge in [0.1, 0.15) is 6.10 Å². The molecule has 0 spiro atoms. The Labute approximate surface area is 125 Å². The summed E-state index contributed by atoms with van der Waals surface area (Å²) >= 11 is 0. The van der Waals surface area contributed by atoms with Gasteiger partial charge >= 0.3 is 5.97 Å². The van der Waals surface area contributed by atoms with Gasteiger partial charge in [0.2, 0.25) is 0 Å². The molecule has 2 aliphatic heterocycles. The predicted molar refractivity (Wildman–Crippen MR) is 80.3 cm³/mol. The smallest absolute Gasteiger partial charge is 0.338 e. The zero-order valence-corrected chi connectivity index (χ0v) is 12.7. The third-order valence-corrected chi connectivity index (χ3v) is 4.29. The minimum atomic E-state index is -0.181. The highest BCUT2D eigenvalue weighted by Crippen LogP contribution is 2.25. The Morgan fingerprint density at radius 1 is 1.29 bits per heavy atom. The van der Waals surface area contributed by atoms with E-state index in [1.54, 1.807) is 0 Å². The lowest BCUT2D eigenvalue weighted by Crippen LogP contribution is -2.35. The van der Waals surface area contributed by atoms with Crippen molar-refractivity contribution in [3.8, 4) is 0 Å². The molecular formula is C17H23NO3. The van der Waals surface area contributed by atoms with E-state index in [1.807, 2.05) is 26.0 Å². The molecule has 1 N–H and O–H groups in total. The molecule has 2 aliphatic rings. The van der Waals surface area contributed by atoms with Gasteiger partial charge in [-0.3, -0.25) is 0 Å². The van der Waals surface area contributed by atoms with E-state index in [0.717, 1.165) is 43.5 Å². The van der Waals surface area contributed by atoms with Crippen LogP contribution in [0.4, 0.5) is 0 Å². The number of nitrogens with one attached hydrogen (secondary N) is 1. The largest absolute Gasteiger partial charge is 0.459 e. The molecule has 1 fully saturated rings. The molecule has 3 rings (SSSR count). The lowest BCUT2D eigenvalue weighted by Gasteiger charge is -2.32. The van der Waals surface area contributed by atoms with Gasteiger partial charge in [-0.25, -0.2) is 4.79 Å². The number of ether oxygens (including phenoxy) is 2. The first kappa shape index (κ1) is 14.5. The second-order valence-corrected chi connectivity index (χ2v) is 6.13. The van der Waals surface area contributed by atoms with E-state index < -0.39 is 0 Å². The van der Waals surface area contributed by atoms with Crippen molar-refractivity contribution in [2.45, 2.75) is 58.0 Å². The number of carbonyl (C=O) groups excluding carboxylic acids is 1. The summed E-state index contributed by atoms with van der Waals surface area (Å²) in [6, 6.07) is 5.91. The van der Waals surface area contributed by atoms with Crippen molar-refractivity contribution < 1.29 is 14.3 Å². The highest BCUT2D eigenvalue weighted by Gasteiger charge is 2.28. The molecule has 2 atom stereocenters. The average Bonchev–Trinajstić information content (AvgIpc) is 2.45. The van der Waals surface area contributed by atoms with Crippen molar-refractivity contribution in [2.24, 2.45) is 0 Å². The van der Waals surface area contributed by atoms with Crippen molar-refractivity contribution in [3.63, 3.8) is 0 Å². The van der Waals surface area contributed by atoms with E-state index >= 15 is 0 Å². The Bertz CT molecular complexity index is 519. The van der Waals surface area contributed by atoms with Gasteiger partial charge in [-0.05, 0) is 44.0 Å². The number of carbonyl (C=O) groups is 1. The van der Waals surface area contributed by atoms with E-state index in [4.69, 9.17) is 9.47 Å². The first-order chi connectivity index (χ1) is 10.1. The molecule has 0 bridgehead atoms. The molecule has 0 saturated carbocycles. The number of rotatable bonds is 2. The maximum Gasteiger partial charge on any atom is 0.338 e. The van der Waals surface area contributed by atoms with Crippen LogP contribution in [0.5, 0.6) is 0 Å². The molecule has 21 heavy (non-hydrogen) atoms. The molecular weight excluding hydrogens is 266 g/mol. The second kappa shape index (κ2) is 6.16. The molecule has 1 aromatic carbocycles. The van der Waals surface area contributed by atoms with Crippen LogP contribution in [0.2, 0.25) is 0 Å². The van der Waals surface area contributed by atoms with Crippen molar-refractivity contribution in [2.75, 3.05) is 6.54 Å². The molecule has 2 heterocycles. The van der Waals surface area contributed by atoms with E-state index in [9.17, 15) is 4.79 Å². The highest BCUT2D eigenvalue weighted by atomic mass is 16.6. The minimum absolute atomic E-state index is 0.0335. The fourth-order valence-electron chi connectivity index (χ4n) is 3.38. The fourth-order valence-corrected chi connectivity index (χ4v) is 3.38. The molecule has 0 radical (unpaired) electrons. The number of fused-ring (bicyclic) bond motifs is 1. The Hall–Kier alpha value is -1.39. The monoisotopic (exact) mass is 289 g/mol. The third kappa shape index (κ3) is 3.27. The van der Waals surface area contributed by atoms with Crippen LogP contribution in [-0.2, 0) is 22.4 Å². The maximum atomic E-state index is 12.5. The van der Waals surface area contributed by atoms with Crippen molar-refractivity contribution in [1.29, 1.82) is 0 Å². The Kier molecular flexibility index (Phi) is 4.27. The van der Waals surface area contributed by atoms with Crippen molar-refractivity contribution in [1.82, 2.24) is 5.32 Å². The zero-order chi connectivity index (χ0) is 14.8. The summed E-state index contributed by atoms with van der Waals surface area (Å²) in [6.07, 6.45) is 2.73. The van der Waals surface area contributed by atoms with E-state index in [0.29, 0.717) is 0 Å². The summed E-state index contributed by atoms with van der Waals surface area (Å²) in [5, 5.41) is 3.33. The molecule has 0 aromatic heterocycles. The van der Waals surface area contributed by atoms with Crippen LogP contribution < -0.4 is 5.32 Å². The predicted octanol–water partition coefficient (Wildman–Crippen LogP) is 2.45. The van der Waals surface area contributed by atoms with Crippen LogP contribution in [0, 0.1) is 0 Å². The molecule has 1 saturated heterocycles. The summed E-state index contributed by atoms with van der Waals surface area (Å²) in [6.45, 7) is 5.82. The standard InChI is InChI=1S/C17H23NO3/c1-11-8-14(9-12(2)20-11)21-17(19)16-5-3-4-13-10-18-7-6-15(13)16/h3-5,11-12,14,18H,6-10H2,1-2H3. The topological polar surface area (TPSA) is 47.6 Å². The summed E-state index contributed by atoms with van der Waals surface area (Å²) in [4.78, 5) is 12.5. The van der Waals surface area contributed by atoms with Gasteiger partial charge in [0.05, 0.1) is 17.8 Å². The number of esters is 1. The first-order valence-corrected chi connectivity index (χ1v) is 7.81. The molecule has 2 unspecified atom stereocenters. The summed E-state index contributed by atoms with van der Waals surface area (Å²) < 4.78 is 11.4. The summed E-state index contributed by atoms with van der Waals surface area (Å²) in [5.41, 5.74) is 3.10. The Morgan fingerprint density at radius 2 is 2.05 bits per heavy atom. The quantitative estimate of drug-likeness (QED) is 0.850. The molecule has 0 amide bonds. The minimum Gasteiger partial charge on any atom is -0.459 e. The van der Waals surface area contributed by atoms with Gasteiger partial charge < -0.3 is 14.8 Å². The zero-order valence-electron chi connectivity index (χ0n) is 12.7. The van der Waals surface area contributed by atoms with E-state index in [1.165, 1.54) is 5.56 Å². The van der Waals surface area contributed by atoms with E-state index in [-0.39, 0.29) is 24.3 Å². The Morgan fingerprint density at radius 3 is 2.81 bits per heavy atom. The van der Waals surface area contributed by atoms with Crippen LogP contribution in [0.3, 0.4) is 0 Å². The molecule has 1 aromatic rings. The van der Waals surface area contributed by atoms with Crippen LogP contribution in [-0.4, -0.2) is 30.8 Å². The van der Waals surface area contributed by atoms with Crippen LogP contribution in [0.25, 0.3) is 0 Å². The van der Waals surface area contributed by atoms with Gasteiger partial charge in [0.25, 0.3) is 0 Å².